The van der Waals surface area contributed by atoms with Crippen molar-refractivity contribution in [2.75, 3.05) is 25.6 Å². The molecule has 0 aliphatic carbocycles. The summed E-state index contributed by atoms with van der Waals surface area (Å²) in [7, 11) is 0. The van der Waals surface area contributed by atoms with E-state index in [0.717, 1.165) is 18.6 Å². The van der Waals surface area contributed by atoms with Gasteiger partial charge in [-0.3, -0.25) is 0 Å². The molecule has 4 nitrogen and oxygen atoms in total. The van der Waals surface area contributed by atoms with Crippen molar-refractivity contribution >= 4 is 11.7 Å². The molecule has 4 heteroatoms. The lowest BCUT2D eigenvalue weighted by Gasteiger charge is -2.11. The van der Waals surface area contributed by atoms with Gasteiger partial charge in [0.1, 0.15) is 0 Å². The van der Waals surface area contributed by atoms with E-state index in [-0.39, 0.29) is 5.97 Å². The Hall–Kier alpha value is -1.55. The van der Waals surface area contributed by atoms with E-state index < -0.39 is 0 Å². The minimum absolute atomic E-state index is 0.323. The van der Waals surface area contributed by atoms with Gasteiger partial charge in [-0.25, -0.2) is 4.79 Å². The standard InChI is InChI=1S/C13H17NO3/c1-9-3-2-4-11(14)12(9)13(15)17-8-10-5-6-16-7-10/h2-4,10H,5-8,14H2,1H3. The molecule has 1 aliphatic heterocycles. The summed E-state index contributed by atoms with van der Waals surface area (Å²) < 4.78 is 10.5. The molecule has 0 bridgehead atoms. The Morgan fingerprint density at radius 2 is 2.41 bits per heavy atom. The number of hydrogen-bond acceptors (Lipinski definition) is 4. The Labute approximate surface area is 101 Å². The number of benzene rings is 1. The molecule has 1 unspecified atom stereocenters. The highest BCUT2D eigenvalue weighted by Crippen LogP contribution is 2.19. The molecular formula is C13H17NO3. The van der Waals surface area contributed by atoms with Gasteiger partial charge in [0.25, 0.3) is 0 Å². The van der Waals surface area contributed by atoms with Gasteiger partial charge >= 0.3 is 5.97 Å². The highest BCUT2D eigenvalue weighted by molar-refractivity contribution is 5.96. The minimum atomic E-state index is -0.340. The second-order valence-corrected chi connectivity index (χ2v) is 4.37. The van der Waals surface area contributed by atoms with Crippen LogP contribution in [0.4, 0.5) is 5.69 Å². The predicted molar refractivity (Wildman–Crippen MR) is 64.8 cm³/mol. The van der Waals surface area contributed by atoms with Crippen LogP contribution in [0.3, 0.4) is 0 Å². The molecule has 2 rings (SSSR count). The van der Waals surface area contributed by atoms with E-state index in [1.165, 1.54) is 0 Å². The lowest BCUT2D eigenvalue weighted by molar-refractivity contribution is 0.0428. The van der Waals surface area contributed by atoms with Crippen molar-refractivity contribution in [3.05, 3.63) is 29.3 Å². The molecule has 0 aromatic heterocycles. The molecule has 1 aromatic carbocycles. The smallest absolute Gasteiger partial charge is 0.340 e. The number of aryl methyl sites for hydroxylation is 1. The zero-order valence-corrected chi connectivity index (χ0v) is 9.94. The van der Waals surface area contributed by atoms with Crippen molar-refractivity contribution in [3.63, 3.8) is 0 Å². The van der Waals surface area contributed by atoms with Crippen molar-refractivity contribution in [3.8, 4) is 0 Å². The topological polar surface area (TPSA) is 61.6 Å². The fourth-order valence-corrected chi connectivity index (χ4v) is 1.95. The van der Waals surface area contributed by atoms with Gasteiger partial charge in [-0.1, -0.05) is 12.1 Å². The van der Waals surface area contributed by atoms with Gasteiger partial charge in [-0.05, 0) is 25.0 Å². The van der Waals surface area contributed by atoms with Crippen molar-refractivity contribution in [1.29, 1.82) is 0 Å². The van der Waals surface area contributed by atoms with E-state index in [2.05, 4.69) is 0 Å². The van der Waals surface area contributed by atoms with Crippen LogP contribution >= 0.6 is 0 Å². The minimum Gasteiger partial charge on any atom is -0.462 e. The van der Waals surface area contributed by atoms with E-state index >= 15 is 0 Å². The molecule has 0 radical (unpaired) electrons. The molecular weight excluding hydrogens is 218 g/mol. The quantitative estimate of drug-likeness (QED) is 0.640. The molecule has 1 heterocycles. The third kappa shape index (κ3) is 2.77. The monoisotopic (exact) mass is 235 g/mol. The first-order chi connectivity index (χ1) is 8.18. The lowest BCUT2D eigenvalue weighted by atomic mass is 10.1. The van der Waals surface area contributed by atoms with Crippen molar-refractivity contribution in [1.82, 2.24) is 0 Å². The fraction of sp³-hybridized carbons (Fsp3) is 0.462. The number of carbonyl (C=O) groups excluding carboxylic acids is 1. The highest BCUT2D eigenvalue weighted by Gasteiger charge is 2.19. The Kier molecular flexibility index (Phi) is 3.64. The zero-order chi connectivity index (χ0) is 12.3. The number of esters is 1. The molecule has 0 amide bonds. The van der Waals surface area contributed by atoms with E-state index in [1.54, 1.807) is 6.07 Å². The molecule has 1 fully saturated rings. The first-order valence-corrected chi connectivity index (χ1v) is 5.78. The summed E-state index contributed by atoms with van der Waals surface area (Å²) >= 11 is 0. The SMILES string of the molecule is Cc1cccc(N)c1C(=O)OCC1CCOC1. The van der Waals surface area contributed by atoms with Gasteiger partial charge in [-0.2, -0.15) is 0 Å². The van der Waals surface area contributed by atoms with Crippen LogP contribution in [0.1, 0.15) is 22.3 Å². The molecule has 0 spiro atoms. The summed E-state index contributed by atoms with van der Waals surface area (Å²) in [5.74, 6) is -0.0170. The summed E-state index contributed by atoms with van der Waals surface area (Å²) in [6, 6.07) is 5.39. The number of rotatable bonds is 3. The van der Waals surface area contributed by atoms with Gasteiger partial charge in [0, 0.05) is 18.2 Å². The first kappa shape index (κ1) is 11.9. The number of ether oxygens (including phenoxy) is 2. The van der Waals surface area contributed by atoms with Gasteiger partial charge in [-0.15, -0.1) is 0 Å². The number of anilines is 1. The Bertz CT molecular complexity index is 391. The number of nitrogens with two attached hydrogens (primary N) is 1. The number of hydrogen-bond donors (Lipinski definition) is 1. The third-order valence-corrected chi connectivity index (χ3v) is 2.98. The van der Waals surface area contributed by atoms with Crippen LogP contribution in [0.5, 0.6) is 0 Å². The van der Waals surface area contributed by atoms with Crippen LogP contribution in [-0.2, 0) is 9.47 Å². The van der Waals surface area contributed by atoms with Crippen molar-refractivity contribution in [2.45, 2.75) is 13.3 Å². The molecule has 1 aromatic rings. The van der Waals surface area contributed by atoms with Crippen LogP contribution < -0.4 is 5.73 Å². The number of carbonyl (C=O) groups is 1. The molecule has 92 valence electrons. The normalized spacial score (nSPS) is 19.2. The molecule has 1 saturated heterocycles. The van der Waals surface area contributed by atoms with Gasteiger partial charge < -0.3 is 15.2 Å². The summed E-state index contributed by atoms with van der Waals surface area (Å²) in [4.78, 5) is 11.9. The van der Waals surface area contributed by atoms with Crippen LogP contribution in [0.15, 0.2) is 18.2 Å². The van der Waals surface area contributed by atoms with Crippen molar-refractivity contribution in [2.24, 2.45) is 5.92 Å². The predicted octanol–water partition coefficient (Wildman–Crippen LogP) is 1.77. The Morgan fingerprint density at radius 1 is 1.59 bits per heavy atom. The highest BCUT2D eigenvalue weighted by atomic mass is 16.5. The van der Waals surface area contributed by atoms with Gasteiger partial charge in [0.15, 0.2) is 0 Å². The molecule has 1 aliphatic rings. The molecule has 1 atom stereocenters. The average molecular weight is 235 g/mol. The molecule has 0 saturated carbocycles. The van der Waals surface area contributed by atoms with Crippen LogP contribution in [-0.4, -0.2) is 25.8 Å². The summed E-state index contributed by atoms with van der Waals surface area (Å²) in [6.07, 6.45) is 0.955. The van der Waals surface area contributed by atoms with Crippen LogP contribution in [0.2, 0.25) is 0 Å². The summed E-state index contributed by atoms with van der Waals surface area (Å²) in [5, 5.41) is 0. The van der Waals surface area contributed by atoms with E-state index in [0.29, 0.717) is 30.4 Å². The van der Waals surface area contributed by atoms with Crippen LogP contribution in [0, 0.1) is 12.8 Å². The molecule has 2 N–H and O–H groups in total. The second kappa shape index (κ2) is 5.19. The maximum absolute atomic E-state index is 11.9. The Balaban J connectivity index is 1.99. The van der Waals surface area contributed by atoms with E-state index in [4.69, 9.17) is 15.2 Å². The maximum atomic E-state index is 11.9. The lowest BCUT2D eigenvalue weighted by Crippen LogP contribution is -2.16. The number of nitrogen functional groups attached to an aromatic ring is 1. The summed E-state index contributed by atoms with van der Waals surface area (Å²) in [5.41, 5.74) is 7.57. The van der Waals surface area contributed by atoms with E-state index in [9.17, 15) is 4.79 Å². The maximum Gasteiger partial charge on any atom is 0.340 e. The van der Waals surface area contributed by atoms with E-state index in [1.807, 2.05) is 19.1 Å². The average Bonchev–Trinajstić information content (AvgIpc) is 2.79. The van der Waals surface area contributed by atoms with Crippen LogP contribution in [0.25, 0.3) is 0 Å². The zero-order valence-electron chi connectivity index (χ0n) is 9.94. The second-order valence-electron chi connectivity index (χ2n) is 4.37. The summed E-state index contributed by atoms with van der Waals surface area (Å²) in [6.45, 7) is 3.70. The Morgan fingerprint density at radius 3 is 3.06 bits per heavy atom. The third-order valence-electron chi connectivity index (χ3n) is 2.98. The largest absolute Gasteiger partial charge is 0.462 e. The fourth-order valence-electron chi connectivity index (χ4n) is 1.95. The first-order valence-electron chi connectivity index (χ1n) is 5.78. The van der Waals surface area contributed by atoms with Gasteiger partial charge in [0.2, 0.25) is 0 Å². The van der Waals surface area contributed by atoms with Crippen molar-refractivity contribution < 1.29 is 14.3 Å². The molecule has 17 heavy (non-hydrogen) atoms. The van der Waals surface area contributed by atoms with Gasteiger partial charge in [0.05, 0.1) is 18.8 Å².